The van der Waals surface area contributed by atoms with Crippen LogP contribution in [-0.4, -0.2) is 66.4 Å². The molecule has 0 aromatic rings. The minimum Gasteiger partial charge on any atom is -0.480 e. The number of nitrogens with zero attached hydrogens (tertiary/aromatic N) is 1. The van der Waals surface area contributed by atoms with E-state index < -0.39 is 29.6 Å². The van der Waals surface area contributed by atoms with Crippen LogP contribution >= 0.6 is 0 Å². The number of nitrogens with one attached hydrogen (secondary N) is 1. The van der Waals surface area contributed by atoms with Crippen molar-refractivity contribution in [2.24, 2.45) is 0 Å². The maximum Gasteiger partial charge on any atom is 0.329 e. The van der Waals surface area contributed by atoms with Gasteiger partial charge in [-0.15, -0.1) is 0 Å². The van der Waals surface area contributed by atoms with Gasteiger partial charge in [0, 0.05) is 13.1 Å². The molecule has 1 saturated heterocycles. The summed E-state index contributed by atoms with van der Waals surface area (Å²) in [5, 5.41) is 11.6. The van der Waals surface area contributed by atoms with E-state index in [1.807, 2.05) is 0 Å². The Morgan fingerprint density at radius 2 is 2.15 bits per heavy atom. The third-order valence-corrected chi connectivity index (χ3v) is 3.55. The van der Waals surface area contributed by atoms with E-state index >= 15 is 0 Å². The Morgan fingerprint density at radius 3 is 2.70 bits per heavy atom. The van der Waals surface area contributed by atoms with Gasteiger partial charge in [-0.1, -0.05) is 0 Å². The highest BCUT2D eigenvalue weighted by Gasteiger charge is 2.52. The summed E-state index contributed by atoms with van der Waals surface area (Å²) in [6.07, 6.45) is 0.556. The molecule has 1 heterocycles. The van der Waals surface area contributed by atoms with E-state index in [0.717, 1.165) is 0 Å². The zero-order chi connectivity index (χ0) is 14.8. The number of hydrogen-bond acceptors (Lipinski definition) is 5. The van der Waals surface area contributed by atoms with Crippen molar-refractivity contribution in [1.29, 1.82) is 0 Å². The van der Waals surface area contributed by atoms with Crippen molar-refractivity contribution < 1.29 is 29.0 Å². The number of carboxylic acid groups (broad SMARTS) is 1. The highest BCUT2D eigenvalue weighted by molar-refractivity contribution is 5.89. The standard InChI is InChI=1S/C12H18N2O6/c1-19-9(15)6-8-7-14(4-5-20-8)11(18)13-12(2-3-12)10(16)17/h8H,2-7H2,1H3,(H,13,18)(H,16,17). The van der Waals surface area contributed by atoms with Gasteiger partial charge in [0.15, 0.2) is 0 Å². The molecule has 0 aromatic heterocycles. The fourth-order valence-electron chi connectivity index (χ4n) is 2.10. The summed E-state index contributed by atoms with van der Waals surface area (Å²) in [4.78, 5) is 35.7. The summed E-state index contributed by atoms with van der Waals surface area (Å²) in [5.74, 6) is -1.41. The van der Waals surface area contributed by atoms with E-state index in [0.29, 0.717) is 26.0 Å². The monoisotopic (exact) mass is 286 g/mol. The number of esters is 1. The summed E-state index contributed by atoms with van der Waals surface area (Å²) in [6.45, 7) is 0.936. The number of ether oxygens (including phenoxy) is 2. The lowest BCUT2D eigenvalue weighted by atomic mass is 10.2. The molecule has 1 aliphatic heterocycles. The van der Waals surface area contributed by atoms with Crippen molar-refractivity contribution in [3.05, 3.63) is 0 Å². The number of hydrogen-bond donors (Lipinski definition) is 2. The Kier molecular flexibility index (Phi) is 4.12. The summed E-state index contributed by atoms with van der Waals surface area (Å²) < 4.78 is 9.94. The number of rotatable bonds is 4. The second-order valence-corrected chi connectivity index (χ2v) is 5.04. The van der Waals surface area contributed by atoms with E-state index in [-0.39, 0.29) is 13.0 Å². The molecule has 1 atom stereocenters. The van der Waals surface area contributed by atoms with Crippen LogP contribution in [0.5, 0.6) is 0 Å². The third kappa shape index (κ3) is 3.19. The molecule has 2 N–H and O–H groups in total. The molecule has 1 saturated carbocycles. The van der Waals surface area contributed by atoms with Gasteiger partial charge in [0.25, 0.3) is 0 Å². The van der Waals surface area contributed by atoms with Crippen LogP contribution in [0, 0.1) is 0 Å². The van der Waals surface area contributed by atoms with Gasteiger partial charge in [-0.3, -0.25) is 4.79 Å². The summed E-state index contributed by atoms with van der Waals surface area (Å²) in [5.41, 5.74) is -1.10. The second kappa shape index (κ2) is 5.66. The molecule has 2 amide bonds. The molecule has 0 aromatic carbocycles. The van der Waals surface area contributed by atoms with E-state index in [2.05, 4.69) is 10.1 Å². The maximum absolute atomic E-state index is 12.0. The molecule has 8 heteroatoms. The molecule has 2 aliphatic rings. The molecular weight excluding hydrogens is 268 g/mol. The lowest BCUT2D eigenvalue weighted by molar-refractivity contribution is -0.145. The number of amides is 2. The quantitative estimate of drug-likeness (QED) is 0.680. The molecule has 8 nitrogen and oxygen atoms in total. The normalized spacial score (nSPS) is 23.9. The molecule has 2 rings (SSSR count). The van der Waals surface area contributed by atoms with E-state index in [1.165, 1.54) is 12.0 Å². The van der Waals surface area contributed by atoms with Crippen LogP contribution in [0.3, 0.4) is 0 Å². The summed E-state index contributed by atoms with van der Waals surface area (Å²) >= 11 is 0. The Balaban J connectivity index is 1.87. The van der Waals surface area contributed by atoms with Crippen LogP contribution in [0.25, 0.3) is 0 Å². The van der Waals surface area contributed by atoms with Crippen LogP contribution in [-0.2, 0) is 19.1 Å². The highest BCUT2D eigenvalue weighted by atomic mass is 16.5. The Bertz CT molecular complexity index is 420. The summed E-state index contributed by atoms with van der Waals surface area (Å²) in [6, 6.07) is -0.428. The molecule has 112 valence electrons. The molecule has 2 fully saturated rings. The van der Waals surface area contributed by atoms with Crippen molar-refractivity contribution in [3.63, 3.8) is 0 Å². The number of methoxy groups -OCH3 is 1. The third-order valence-electron chi connectivity index (χ3n) is 3.55. The van der Waals surface area contributed by atoms with Crippen molar-refractivity contribution in [1.82, 2.24) is 10.2 Å². The van der Waals surface area contributed by atoms with Gasteiger partial charge in [-0.2, -0.15) is 0 Å². The van der Waals surface area contributed by atoms with Gasteiger partial charge in [0.1, 0.15) is 5.54 Å². The van der Waals surface area contributed by atoms with Crippen molar-refractivity contribution in [2.45, 2.75) is 30.9 Å². The lowest BCUT2D eigenvalue weighted by Gasteiger charge is -2.33. The zero-order valence-corrected chi connectivity index (χ0v) is 11.3. The largest absolute Gasteiger partial charge is 0.480 e. The van der Waals surface area contributed by atoms with E-state index in [1.54, 1.807) is 0 Å². The predicted molar refractivity (Wildman–Crippen MR) is 66.1 cm³/mol. The molecule has 1 unspecified atom stereocenters. The Labute approximate surface area is 116 Å². The van der Waals surface area contributed by atoms with Crippen LogP contribution in [0.2, 0.25) is 0 Å². The lowest BCUT2D eigenvalue weighted by Crippen LogP contribution is -2.54. The van der Waals surface area contributed by atoms with Gasteiger partial charge in [-0.05, 0) is 12.8 Å². The average Bonchev–Trinajstić information content (AvgIpc) is 3.20. The fourth-order valence-corrected chi connectivity index (χ4v) is 2.10. The maximum atomic E-state index is 12.0. The first-order chi connectivity index (χ1) is 9.47. The number of carboxylic acids is 1. The smallest absolute Gasteiger partial charge is 0.329 e. The number of aliphatic carboxylic acids is 1. The Morgan fingerprint density at radius 1 is 1.45 bits per heavy atom. The summed E-state index contributed by atoms with van der Waals surface area (Å²) in [7, 11) is 1.29. The van der Waals surface area contributed by atoms with Crippen molar-refractivity contribution in [3.8, 4) is 0 Å². The van der Waals surface area contributed by atoms with Crippen LogP contribution in [0.1, 0.15) is 19.3 Å². The van der Waals surface area contributed by atoms with Gasteiger partial charge in [0.05, 0.1) is 26.2 Å². The Hall–Kier alpha value is -1.83. The molecule has 0 spiro atoms. The number of morpholine rings is 1. The first-order valence-corrected chi connectivity index (χ1v) is 6.46. The van der Waals surface area contributed by atoms with E-state index in [4.69, 9.17) is 9.84 Å². The highest BCUT2D eigenvalue weighted by Crippen LogP contribution is 2.35. The average molecular weight is 286 g/mol. The predicted octanol–water partition coefficient (Wildman–Crippen LogP) is -0.423. The SMILES string of the molecule is COC(=O)CC1CN(C(=O)NC2(C(=O)O)CC2)CCO1. The molecule has 1 aliphatic carbocycles. The van der Waals surface area contributed by atoms with Crippen LogP contribution in [0.4, 0.5) is 4.79 Å². The van der Waals surface area contributed by atoms with Crippen LogP contribution in [0.15, 0.2) is 0 Å². The first kappa shape index (κ1) is 14.6. The topological polar surface area (TPSA) is 105 Å². The molecule has 0 radical (unpaired) electrons. The fraction of sp³-hybridized carbons (Fsp3) is 0.750. The van der Waals surface area contributed by atoms with Gasteiger partial charge in [0.2, 0.25) is 0 Å². The number of urea groups is 1. The number of carbonyl (C=O) groups excluding carboxylic acids is 2. The minimum absolute atomic E-state index is 0.0738. The van der Waals surface area contributed by atoms with Gasteiger partial charge >= 0.3 is 18.0 Å². The van der Waals surface area contributed by atoms with Gasteiger partial charge in [-0.25, -0.2) is 9.59 Å². The molecule has 0 bridgehead atoms. The zero-order valence-electron chi connectivity index (χ0n) is 11.3. The number of carbonyl (C=O) groups is 3. The first-order valence-electron chi connectivity index (χ1n) is 6.46. The van der Waals surface area contributed by atoms with Crippen LogP contribution < -0.4 is 5.32 Å². The molecular formula is C12H18N2O6. The second-order valence-electron chi connectivity index (χ2n) is 5.04. The molecule has 20 heavy (non-hydrogen) atoms. The van der Waals surface area contributed by atoms with Crippen molar-refractivity contribution in [2.75, 3.05) is 26.8 Å². The minimum atomic E-state index is -1.10. The van der Waals surface area contributed by atoms with Gasteiger partial charge < -0.3 is 24.8 Å². The van der Waals surface area contributed by atoms with E-state index in [9.17, 15) is 14.4 Å². The van der Waals surface area contributed by atoms with Crippen molar-refractivity contribution >= 4 is 18.0 Å².